The van der Waals surface area contributed by atoms with Crippen molar-refractivity contribution in [3.8, 4) is 0 Å². The van der Waals surface area contributed by atoms with Crippen molar-refractivity contribution >= 4 is 12.0 Å². The Hall–Kier alpha value is -1.65. The highest BCUT2D eigenvalue weighted by Gasteiger charge is 2.13. The number of rotatable bonds is 3. The highest BCUT2D eigenvalue weighted by atomic mass is 16.6. The van der Waals surface area contributed by atoms with Crippen molar-refractivity contribution in [1.29, 1.82) is 0 Å². The van der Waals surface area contributed by atoms with E-state index in [1.807, 2.05) is 0 Å². The third-order valence-corrected chi connectivity index (χ3v) is 2.05. The van der Waals surface area contributed by atoms with E-state index in [1.54, 1.807) is 51.1 Å². The van der Waals surface area contributed by atoms with Gasteiger partial charge in [-0.1, -0.05) is 24.3 Å². The molecule has 0 unspecified atom stereocenters. The summed E-state index contributed by atoms with van der Waals surface area (Å²) in [5.41, 5.74) is 0.682. The first-order valence-electron chi connectivity index (χ1n) is 5.65. The van der Waals surface area contributed by atoms with E-state index >= 15 is 0 Å². The molecule has 0 spiro atoms. The molecule has 0 heterocycles. The molecule has 1 rings (SSSR count). The van der Waals surface area contributed by atoms with Crippen LogP contribution in [0.5, 0.6) is 0 Å². The Labute approximate surface area is 107 Å². The summed E-state index contributed by atoms with van der Waals surface area (Å²) in [6, 6.07) is 6.55. The molecule has 2 N–H and O–H groups in total. The van der Waals surface area contributed by atoms with Crippen molar-refractivity contribution in [1.82, 2.24) is 0 Å². The number of carbonyl (C=O) groups is 1. The summed E-state index contributed by atoms with van der Waals surface area (Å²) in [7, 11) is 0. The van der Waals surface area contributed by atoms with E-state index in [0.29, 0.717) is 5.56 Å². The van der Waals surface area contributed by atoms with Crippen LogP contribution < -0.4 is 0 Å². The second-order valence-electron chi connectivity index (χ2n) is 4.91. The number of aliphatic hydroxyl groups excluding tert-OH is 1. The molecule has 1 aromatic carbocycles. The standard InChI is InChI=1S/C14H18O4/c1-14(2,3)18-12(15)9-6-10-4-7-11(8-5-10)13(16)17/h4-9,13,16-17H,1-3H3/b9-6+. The lowest BCUT2D eigenvalue weighted by Gasteiger charge is -2.17. The van der Waals surface area contributed by atoms with Crippen molar-refractivity contribution in [2.24, 2.45) is 0 Å². The molecular formula is C14H18O4. The summed E-state index contributed by atoms with van der Waals surface area (Å²) in [4.78, 5) is 11.4. The number of hydrogen-bond donors (Lipinski definition) is 2. The predicted octanol–water partition coefficient (Wildman–Crippen LogP) is 2.02. The van der Waals surface area contributed by atoms with E-state index in [4.69, 9.17) is 14.9 Å². The minimum atomic E-state index is -1.48. The number of ether oxygens (including phenoxy) is 1. The first kappa shape index (κ1) is 14.4. The highest BCUT2D eigenvalue weighted by molar-refractivity contribution is 5.87. The molecule has 0 fully saturated rings. The van der Waals surface area contributed by atoms with Crippen LogP contribution in [-0.2, 0) is 9.53 Å². The van der Waals surface area contributed by atoms with Gasteiger partial charge in [0.05, 0.1) is 0 Å². The molecule has 0 aromatic heterocycles. The number of aliphatic hydroxyl groups is 2. The van der Waals surface area contributed by atoms with Crippen LogP contribution in [-0.4, -0.2) is 21.8 Å². The van der Waals surface area contributed by atoms with Gasteiger partial charge in [0.15, 0.2) is 6.29 Å². The molecule has 0 bridgehead atoms. The van der Waals surface area contributed by atoms with Crippen LogP contribution in [0, 0.1) is 0 Å². The van der Waals surface area contributed by atoms with Gasteiger partial charge < -0.3 is 14.9 Å². The topological polar surface area (TPSA) is 66.8 Å². The van der Waals surface area contributed by atoms with E-state index in [-0.39, 0.29) is 0 Å². The number of benzene rings is 1. The molecule has 1 aromatic rings. The van der Waals surface area contributed by atoms with Crippen LogP contribution in [0.2, 0.25) is 0 Å². The maximum atomic E-state index is 11.4. The Kier molecular flexibility index (Phi) is 4.64. The normalized spacial score (nSPS) is 12.1. The number of esters is 1. The first-order chi connectivity index (χ1) is 8.28. The molecule has 0 saturated heterocycles. The molecule has 0 saturated carbocycles. The van der Waals surface area contributed by atoms with Gasteiger partial charge in [-0.2, -0.15) is 0 Å². The van der Waals surface area contributed by atoms with Gasteiger partial charge in [0.25, 0.3) is 0 Å². The quantitative estimate of drug-likeness (QED) is 0.489. The summed E-state index contributed by atoms with van der Waals surface area (Å²) in [5.74, 6) is -0.409. The van der Waals surface area contributed by atoms with Gasteiger partial charge in [0.1, 0.15) is 5.60 Å². The predicted molar refractivity (Wildman–Crippen MR) is 68.5 cm³/mol. The van der Waals surface area contributed by atoms with Crippen LogP contribution in [0.25, 0.3) is 6.08 Å². The molecule has 0 amide bonds. The van der Waals surface area contributed by atoms with Gasteiger partial charge in [-0.25, -0.2) is 4.79 Å². The molecule has 0 aliphatic heterocycles. The SMILES string of the molecule is CC(C)(C)OC(=O)/C=C/c1ccc(C(O)O)cc1. The van der Waals surface area contributed by atoms with Crippen molar-refractivity contribution in [2.45, 2.75) is 32.7 Å². The van der Waals surface area contributed by atoms with Gasteiger partial charge in [0, 0.05) is 11.6 Å². The first-order valence-corrected chi connectivity index (χ1v) is 5.65. The highest BCUT2D eigenvalue weighted by Crippen LogP contribution is 2.12. The number of hydrogen-bond acceptors (Lipinski definition) is 4. The van der Waals surface area contributed by atoms with Crippen LogP contribution in [0.3, 0.4) is 0 Å². The maximum absolute atomic E-state index is 11.4. The average molecular weight is 250 g/mol. The monoisotopic (exact) mass is 250 g/mol. The zero-order valence-corrected chi connectivity index (χ0v) is 10.8. The van der Waals surface area contributed by atoms with Gasteiger partial charge >= 0.3 is 5.97 Å². The number of carbonyl (C=O) groups excluding carboxylic acids is 1. The van der Waals surface area contributed by atoms with Gasteiger partial charge in [-0.05, 0) is 32.4 Å². The summed E-state index contributed by atoms with van der Waals surface area (Å²) in [6.45, 7) is 5.41. The van der Waals surface area contributed by atoms with E-state index < -0.39 is 17.9 Å². The lowest BCUT2D eigenvalue weighted by Crippen LogP contribution is -2.22. The smallest absolute Gasteiger partial charge is 0.331 e. The van der Waals surface area contributed by atoms with E-state index in [0.717, 1.165) is 5.56 Å². The van der Waals surface area contributed by atoms with Crippen LogP contribution in [0.4, 0.5) is 0 Å². The Morgan fingerprint density at radius 2 is 1.78 bits per heavy atom. The Morgan fingerprint density at radius 3 is 2.22 bits per heavy atom. The summed E-state index contributed by atoms with van der Waals surface area (Å²) >= 11 is 0. The molecule has 4 nitrogen and oxygen atoms in total. The third-order valence-electron chi connectivity index (χ3n) is 2.05. The summed E-state index contributed by atoms with van der Waals surface area (Å²) < 4.78 is 5.12. The van der Waals surface area contributed by atoms with E-state index in [9.17, 15) is 4.79 Å². The second-order valence-corrected chi connectivity index (χ2v) is 4.91. The lowest BCUT2D eigenvalue weighted by molar-refractivity contribution is -0.148. The minimum Gasteiger partial charge on any atom is -0.457 e. The third kappa shape index (κ3) is 5.12. The van der Waals surface area contributed by atoms with Gasteiger partial charge in [-0.15, -0.1) is 0 Å². The Morgan fingerprint density at radius 1 is 1.22 bits per heavy atom. The summed E-state index contributed by atoms with van der Waals surface area (Å²) in [6.07, 6.45) is 1.48. The van der Waals surface area contributed by atoms with Crippen molar-refractivity contribution in [3.63, 3.8) is 0 Å². The molecule has 0 aliphatic carbocycles. The zero-order chi connectivity index (χ0) is 13.8. The average Bonchev–Trinajstić information content (AvgIpc) is 2.24. The molecule has 0 radical (unpaired) electrons. The fourth-order valence-electron chi connectivity index (χ4n) is 1.28. The van der Waals surface area contributed by atoms with Crippen LogP contribution in [0.15, 0.2) is 30.3 Å². The molecular weight excluding hydrogens is 232 g/mol. The Balaban J connectivity index is 2.65. The fourth-order valence-corrected chi connectivity index (χ4v) is 1.28. The van der Waals surface area contributed by atoms with Crippen molar-refractivity contribution in [2.75, 3.05) is 0 Å². The zero-order valence-electron chi connectivity index (χ0n) is 10.8. The van der Waals surface area contributed by atoms with Crippen LogP contribution in [0.1, 0.15) is 38.2 Å². The molecule has 0 aliphatic rings. The molecule has 0 atom stereocenters. The van der Waals surface area contributed by atoms with Crippen molar-refractivity contribution < 1.29 is 19.7 Å². The minimum absolute atomic E-state index is 0.407. The maximum Gasteiger partial charge on any atom is 0.331 e. The van der Waals surface area contributed by atoms with Gasteiger partial charge in [-0.3, -0.25) is 0 Å². The Bertz CT molecular complexity index is 424. The molecule has 98 valence electrons. The van der Waals surface area contributed by atoms with E-state index in [2.05, 4.69) is 0 Å². The molecule has 18 heavy (non-hydrogen) atoms. The van der Waals surface area contributed by atoms with Crippen molar-refractivity contribution in [3.05, 3.63) is 41.5 Å². The van der Waals surface area contributed by atoms with Gasteiger partial charge in [0.2, 0.25) is 0 Å². The molecule has 4 heteroatoms. The lowest BCUT2D eigenvalue weighted by atomic mass is 10.1. The van der Waals surface area contributed by atoms with E-state index in [1.165, 1.54) is 6.08 Å². The van der Waals surface area contributed by atoms with Crippen LogP contribution >= 0.6 is 0 Å². The second kappa shape index (κ2) is 5.80. The summed E-state index contributed by atoms with van der Waals surface area (Å²) in [5, 5.41) is 17.8. The fraction of sp³-hybridized carbons (Fsp3) is 0.357. The largest absolute Gasteiger partial charge is 0.457 e.